The summed E-state index contributed by atoms with van der Waals surface area (Å²) in [6, 6.07) is 6.46. The molecule has 2 aromatic heterocycles. The van der Waals surface area contributed by atoms with Crippen LogP contribution in [0.2, 0.25) is 0 Å². The molecule has 0 spiro atoms. The monoisotopic (exact) mass is 373 g/mol. The maximum absolute atomic E-state index is 5.49. The molecule has 0 atom stereocenters. The standard InChI is InChI=1S/C18H19N3O2S2/c1-22-14-5-6-15(16(9-14)23-2)17-20-12(10-24-17)11-25-18-19-7-8-21(18)13-3-4-13/h5-10,13H,3-4,11H2,1-2H3. The number of ether oxygens (including phenoxy) is 2. The second-order valence-corrected chi connectivity index (χ2v) is 7.65. The molecule has 0 saturated heterocycles. The fourth-order valence-electron chi connectivity index (χ4n) is 2.65. The molecule has 1 aliphatic carbocycles. The number of nitrogens with zero attached hydrogens (tertiary/aromatic N) is 3. The van der Waals surface area contributed by atoms with Gasteiger partial charge in [0, 0.05) is 35.6 Å². The Hall–Kier alpha value is -1.99. The second kappa shape index (κ2) is 7.09. The average molecular weight is 374 g/mol. The lowest BCUT2D eigenvalue weighted by atomic mass is 10.2. The van der Waals surface area contributed by atoms with Gasteiger partial charge in [-0.3, -0.25) is 0 Å². The summed E-state index contributed by atoms with van der Waals surface area (Å²) in [6.07, 6.45) is 6.49. The van der Waals surface area contributed by atoms with Gasteiger partial charge < -0.3 is 14.0 Å². The Morgan fingerprint density at radius 2 is 2.16 bits per heavy atom. The summed E-state index contributed by atoms with van der Waals surface area (Å²) < 4.78 is 13.0. The number of rotatable bonds is 7. The molecule has 130 valence electrons. The topological polar surface area (TPSA) is 49.2 Å². The van der Waals surface area contributed by atoms with Gasteiger partial charge in [0.15, 0.2) is 5.16 Å². The van der Waals surface area contributed by atoms with Gasteiger partial charge in [-0.1, -0.05) is 11.8 Å². The number of hydrogen-bond donors (Lipinski definition) is 0. The SMILES string of the molecule is COc1ccc(-c2nc(CSc3nccn3C3CC3)cs2)c(OC)c1. The van der Waals surface area contributed by atoms with Gasteiger partial charge in [0.05, 0.1) is 25.5 Å². The molecule has 3 aromatic rings. The summed E-state index contributed by atoms with van der Waals surface area (Å²) in [7, 11) is 3.32. The molecule has 5 nitrogen and oxygen atoms in total. The van der Waals surface area contributed by atoms with Crippen LogP contribution in [0, 0.1) is 0 Å². The zero-order valence-corrected chi connectivity index (χ0v) is 15.8. The Morgan fingerprint density at radius 3 is 2.92 bits per heavy atom. The zero-order chi connectivity index (χ0) is 17.2. The Balaban J connectivity index is 1.49. The lowest BCUT2D eigenvalue weighted by molar-refractivity contribution is 0.395. The fraction of sp³-hybridized carbons (Fsp3) is 0.333. The number of thiazole rings is 1. The first-order valence-electron chi connectivity index (χ1n) is 8.11. The van der Waals surface area contributed by atoms with E-state index in [1.54, 1.807) is 37.3 Å². The van der Waals surface area contributed by atoms with Crippen LogP contribution in [0.3, 0.4) is 0 Å². The minimum absolute atomic E-state index is 0.652. The zero-order valence-electron chi connectivity index (χ0n) is 14.1. The Morgan fingerprint density at radius 1 is 1.28 bits per heavy atom. The average Bonchev–Trinajstić information content (AvgIpc) is 3.20. The minimum atomic E-state index is 0.652. The second-order valence-electron chi connectivity index (χ2n) is 5.85. The molecule has 0 aliphatic heterocycles. The molecule has 0 bridgehead atoms. The maximum atomic E-state index is 5.49. The summed E-state index contributed by atoms with van der Waals surface area (Å²) in [5, 5.41) is 4.15. The first-order chi connectivity index (χ1) is 12.3. The Bertz CT molecular complexity index is 871. The summed E-state index contributed by atoms with van der Waals surface area (Å²) in [5.74, 6) is 2.37. The van der Waals surface area contributed by atoms with Crippen molar-refractivity contribution in [3.8, 4) is 22.1 Å². The molecule has 2 heterocycles. The Kier molecular flexibility index (Phi) is 4.67. The molecule has 0 amide bonds. The first-order valence-corrected chi connectivity index (χ1v) is 9.97. The highest BCUT2D eigenvalue weighted by Gasteiger charge is 2.25. The van der Waals surface area contributed by atoms with Crippen molar-refractivity contribution >= 4 is 23.1 Å². The van der Waals surface area contributed by atoms with Crippen LogP contribution in [0.1, 0.15) is 24.6 Å². The number of methoxy groups -OCH3 is 2. The van der Waals surface area contributed by atoms with E-state index < -0.39 is 0 Å². The van der Waals surface area contributed by atoms with Crippen molar-refractivity contribution in [3.63, 3.8) is 0 Å². The highest BCUT2D eigenvalue weighted by molar-refractivity contribution is 7.98. The lowest BCUT2D eigenvalue weighted by Gasteiger charge is -2.08. The predicted molar refractivity (Wildman–Crippen MR) is 101 cm³/mol. The summed E-state index contributed by atoms with van der Waals surface area (Å²) in [4.78, 5) is 9.25. The molecule has 1 aromatic carbocycles. The van der Waals surface area contributed by atoms with Gasteiger partial charge in [-0.25, -0.2) is 9.97 Å². The summed E-state index contributed by atoms with van der Waals surface area (Å²) in [5.41, 5.74) is 2.05. The molecule has 1 fully saturated rings. The van der Waals surface area contributed by atoms with E-state index in [2.05, 4.69) is 21.1 Å². The van der Waals surface area contributed by atoms with Crippen molar-refractivity contribution in [1.82, 2.24) is 14.5 Å². The van der Waals surface area contributed by atoms with Gasteiger partial charge in [-0.15, -0.1) is 11.3 Å². The number of aromatic nitrogens is 3. The van der Waals surface area contributed by atoms with Gasteiger partial charge in [0.1, 0.15) is 16.5 Å². The summed E-state index contributed by atoms with van der Waals surface area (Å²) >= 11 is 3.38. The highest BCUT2D eigenvalue weighted by atomic mass is 32.2. The minimum Gasteiger partial charge on any atom is -0.497 e. The molecule has 1 aliphatic rings. The van der Waals surface area contributed by atoms with Gasteiger partial charge in [0.25, 0.3) is 0 Å². The predicted octanol–water partition coefficient (Wildman–Crippen LogP) is 4.65. The quantitative estimate of drug-likeness (QED) is 0.564. The Labute approximate surface area is 155 Å². The van der Waals surface area contributed by atoms with Crippen LogP contribution in [0.4, 0.5) is 0 Å². The van der Waals surface area contributed by atoms with Crippen molar-refractivity contribution in [2.45, 2.75) is 29.8 Å². The fourth-order valence-corrected chi connectivity index (χ4v) is 4.53. The number of imidazole rings is 1. The maximum Gasteiger partial charge on any atom is 0.168 e. The van der Waals surface area contributed by atoms with Crippen molar-refractivity contribution in [2.24, 2.45) is 0 Å². The van der Waals surface area contributed by atoms with Gasteiger partial charge in [-0.2, -0.15) is 0 Å². The molecule has 0 N–H and O–H groups in total. The number of benzene rings is 1. The number of thioether (sulfide) groups is 1. The molecular weight excluding hydrogens is 354 g/mol. The van der Waals surface area contributed by atoms with Crippen LogP contribution in [0.5, 0.6) is 11.5 Å². The van der Waals surface area contributed by atoms with E-state index in [-0.39, 0.29) is 0 Å². The summed E-state index contributed by atoms with van der Waals surface area (Å²) in [6.45, 7) is 0. The molecule has 0 unspecified atom stereocenters. The van der Waals surface area contributed by atoms with E-state index in [0.29, 0.717) is 6.04 Å². The molecule has 0 radical (unpaired) electrons. The van der Waals surface area contributed by atoms with E-state index in [1.165, 1.54) is 12.8 Å². The van der Waals surface area contributed by atoms with Crippen LogP contribution >= 0.6 is 23.1 Å². The molecular formula is C18H19N3O2S2. The number of hydrogen-bond acceptors (Lipinski definition) is 6. The van der Waals surface area contributed by atoms with Crippen LogP contribution in [-0.2, 0) is 5.75 Å². The van der Waals surface area contributed by atoms with E-state index in [1.807, 2.05) is 24.4 Å². The third-order valence-corrected chi connectivity index (χ3v) is 6.05. The van der Waals surface area contributed by atoms with Gasteiger partial charge in [-0.05, 0) is 25.0 Å². The van der Waals surface area contributed by atoms with Gasteiger partial charge in [0.2, 0.25) is 0 Å². The highest BCUT2D eigenvalue weighted by Crippen LogP contribution is 2.39. The largest absolute Gasteiger partial charge is 0.497 e. The van der Waals surface area contributed by atoms with Crippen LogP contribution in [0.15, 0.2) is 41.1 Å². The van der Waals surface area contributed by atoms with E-state index in [4.69, 9.17) is 14.5 Å². The van der Waals surface area contributed by atoms with E-state index in [9.17, 15) is 0 Å². The first kappa shape index (κ1) is 16.5. The van der Waals surface area contributed by atoms with Crippen LogP contribution < -0.4 is 9.47 Å². The van der Waals surface area contributed by atoms with Crippen molar-refractivity contribution < 1.29 is 9.47 Å². The third kappa shape index (κ3) is 3.52. The molecule has 7 heteroatoms. The van der Waals surface area contributed by atoms with Crippen molar-refractivity contribution in [3.05, 3.63) is 41.7 Å². The van der Waals surface area contributed by atoms with E-state index >= 15 is 0 Å². The van der Waals surface area contributed by atoms with Gasteiger partial charge >= 0.3 is 0 Å². The molecule has 25 heavy (non-hydrogen) atoms. The lowest BCUT2D eigenvalue weighted by Crippen LogP contribution is -1.95. The third-order valence-electron chi connectivity index (χ3n) is 4.11. The van der Waals surface area contributed by atoms with Crippen molar-refractivity contribution in [2.75, 3.05) is 14.2 Å². The molecule has 1 saturated carbocycles. The molecule has 4 rings (SSSR count). The van der Waals surface area contributed by atoms with Crippen LogP contribution in [0.25, 0.3) is 10.6 Å². The smallest absolute Gasteiger partial charge is 0.168 e. The van der Waals surface area contributed by atoms with E-state index in [0.717, 1.165) is 38.7 Å². The van der Waals surface area contributed by atoms with Crippen LogP contribution in [-0.4, -0.2) is 28.8 Å². The van der Waals surface area contributed by atoms with Crippen molar-refractivity contribution in [1.29, 1.82) is 0 Å². The normalized spacial score (nSPS) is 13.8.